The maximum absolute atomic E-state index is 6.23. The lowest BCUT2D eigenvalue weighted by Crippen LogP contribution is -1.80. The number of hydrogen-bond donors (Lipinski definition) is 0. The summed E-state index contributed by atoms with van der Waals surface area (Å²) in [6.07, 6.45) is 0. The van der Waals surface area contributed by atoms with Crippen LogP contribution in [-0.2, 0) is 0 Å². The Morgan fingerprint density at radius 1 is 0.667 bits per heavy atom. The first-order valence-electron chi connectivity index (χ1n) is 5.68. The topological polar surface area (TPSA) is 0 Å². The van der Waals surface area contributed by atoms with Crippen molar-refractivity contribution in [2.45, 2.75) is 0 Å². The van der Waals surface area contributed by atoms with Crippen molar-refractivity contribution in [3.05, 3.63) is 70.7 Å². The van der Waals surface area contributed by atoms with Crippen LogP contribution >= 0.6 is 23.2 Å². The summed E-state index contributed by atoms with van der Waals surface area (Å²) >= 11 is 12.1. The highest BCUT2D eigenvalue weighted by molar-refractivity contribution is 6.36. The first kappa shape index (κ1) is 11.6. The monoisotopic (exact) mass is 272 g/mol. The average molecular weight is 273 g/mol. The molecular weight excluding hydrogens is 263 g/mol. The molecule has 3 rings (SSSR count). The number of halogens is 2. The Bertz CT molecular complexity index is 717. The Balaban J connectivity index is 2.19. The van der Waals surface area contributed by atoms with Crippen molar-refractivity contribution in [1.82, 2.24) is 0 Å². The third-order valence-corrected chi connectivity index (χ3v) is 3.54. The summed E-state index contributed by atoms with van der Waals surface area (Å²) in [6, 6.07) is 20.2. The highest BCUT2D eigenvalue weighted by atomic mass is 35.5. The lowest BCUT2D eigenvalue weighted by atomic mass is 10.0. The lowest BCUT2D eigenvalue weighted by molar-refractivity contribution is 1.64. The van der Waals surface area contributed by atoms with Gasteiger partial charge in [0.15, 0.2) is 0 Å². The van der Waals surface area contributed by atoms with E-state index in [4.69, 9.17) is 23.2 Å². The largest absolute Gasteiger partial charge is 0.0843 e. The molecule has 0 unspecified atom stereocenters. The number of hydrogen-bond acceptors (Lipinski definition) is 0. The van der Waals surface area contributed by atoms with Crippen LogP contribution in [0.4, 0.5) is 0 Å². The molecule has 0 aromatic heterocycles. The minimum atomic E-state index is 0.657. The van der Waals surface area contributed by atoms with Crippen LogP contribution in [0.2, 0.25) is 10.0 Å². The third-order valence-electron chi connectivity index (χ3n) is 2.99. The average Bonchev–Trinajstić information content (AvgIpc) is 2.38. The first-order valence-corrected chi connectivity index (χ1v) is 6.44. The van der Waals surface area contributed by atoms with Crippen LogP contribution in [0.15, 0.2) is 60.7 Å². The minimum Gasteiger partial charge on any atom is -0.0843 e. The summed E-state index contributed by atoms with van der Waals surface area (Å²) < 4.78 is 0. The van der Waals surface area contributed by atoms with E-state index >= 15 is 0 Å². The van der Waals surface area contributed by atoms with Gasteiger partial charge in [0.1, 0.15) is 0 Å². The van der Waals surface area contributed by atoms with Crippen LogP contribution in [0.3, 0.4) is 0 Å². The van der Waals surface area contributed by atoms with E-state index in [1.165, 1.54) is 10.8 Å². The van der Waals surface area contributed by atoms with Gasteiger partial charge in [-0.2, -0.15) is 0 Å². The molecule has 0 bridgehead atoms. The summed E-state index contributed by atoms with van der Waals surface area (Å²) in [5.74, 6) is 0. The van der Waals surface area contributed by atoms with Gasteiger partial charge in [-0.25, -0.2) is 0 Å². The van der Waals surface area contributed by atoms with Crippen molar-refractivity contribution in [3.63, 3.8) is 0 Å². The third kappa shape index (κ3) is 2.10. The lowest BCUT2D eigenvalue weighted by Gasteiger charge is -2.06. The van der Waals surface area contributed by atoms with Gasteiger partial charge in [0.25, 0.3) is 0 Å². The van der Waals surface area contributed by atoms with E-state index in [-0.39, 0.29) is 0 Å². The van der Waals surface area contributed by atoms with Crippen LogP contribution in [0.25, 0.3) is 21.9 Å². The molecule has 0 fully saturated rings. The van der Waals surface area contributed by atoms with Crippen LogP contribution in [0, 0.1) is 0 Å². The van der Waals surface area contributed by atoms with Gasteiger partial charge in [-0.05, 0) is 34.5 Å². The molecule has 3 aromatic rings. The summed E-state index contributed by atoms with van der Waals surface area (Å²) in [4.78, 5) is 0. The molecule has 0 spiro atoms. The van der Waals surface area contributed by atoms with Crippen molar-refractivity contribution in [2.75, 3.05) is 0 Å². The number of benzene rings is 3. The molecule has 0 saturated heterocycles. The summed E-state index contributed by atoms with van der Waals surface area (Å²) in [5, 5.41) is 3.77. The van der Waals surface area contributed by atoms with Crippen molar-refractivity contribution in [3.8, 4) is 11.1 Å². The predicted molar refractivity (Wildman–Crippen MR) is 79.4 cm³/mol. The van der Waals surface area contributed by atoms with Crippen LogP contribution in [0.5, 0.6) is 0 Å². The highest BCUT2D eigenvalue weighted by Gasteiger charge is 2.04. The van der Waals surface area contributed by atoms with E-state index in [2.05, 4.69) is 30.3 Å². The molecule has 0 N–H and O–H groups in total. The zero-order valence-electron chi connectivity index (χ0n) is 9.53. The van der Waals surface area contributed by atoms with Crippen LogP contribution in [0.1, 0.15) is 0 Å². The quantitative estimate of drug-likeness (QED) is 0.524. The van der Waals surface area contributed by atoms with Crippen LogP contribution in [-0.4, -0.2) is 0 Å². The van der Waals surface area contributed by atoms with E-state index in [1.54, 1.807) is 6.07 Å². The van der Waals surface area contributed by atoms with Crippen LogP contribution < -0.4 is 0 Å². The second-order valence-electron chi connectivity index (χ2n) is 4.19. The summed E-state index contributed by atoms with van der Waals surface area (Å²) in [5.41, 5.74) is 2.11. The molecule has 0 nitrogen and oxygen atoms in total. The smallest absolute Gasteiger partial charge is 0.0499 e. The summed E-state index contributed by atoms with van der Waals surface area (Å²) in [6.45, 7) is 0. The Labute approximate surface area is 116 Å². The summed E-state index contributed by atoms with van der Waals surface area (Å²) in [7, 11) is 0. The van der Waals surface area contributed by atoms with Gasteiger partial charge in [-0.15, -0.1) is 0 Å². The fourth-order valence-corrected chi connectivity index (χ4v) is 2.60. The first-order chi connectivity index (χ1) is 8.74. The Morgan fingerprint density at radius 3 is 2.22 bits per heavy atom. The molecule has 88 valence electrons. The van der Waals surface area contributed by atoms with Gasteiger partial charge in [-0.1, -0.05) is 65.7 Å². The zero-order valence-corrected chi connectivity index (χ0v) is 11.0. The zero-order chi connectivity index (χ0) is 12.5. The van der Waals surface area contributed by atoms with Gasteiger partial charge in [0.05, 0.1) is 0 Å². The minimum absolute atomic E-state index is 0.657. The molecular formula is C16H10Cl2. The fraction of sp³-hybridized carbons (Fsp3) is 0. The number of rotatable bonds is 1. The molecule has 0 aliphatic carbocycles. The second-order valence-corrected chi connectivity index (χ2v) is 5.03. The SMILES string of the molecule is Clc1ccc(-c2ccc3ccccc3c2)c(Cl)c1. The Hall–Kier alpha value is -1.50. The van der Waals surface area contributed by atoms with Crippen molar-refractivity contribution in [1.29, 1.82) is 0 Å². The molecule has 2 heteroatoms. The second kappa shape index (κ2) is 4.64. The van der Waals surface area contributed by atoms with Crippen molar-refractivity contribution >= 4 is 34.0 Å². The van der Waals surface area contributed by atoms with E-state index in [0.29, 0.717) is 10.0 Å². The van der Waals surface area contributed by atoms with Gasteiger partial charge < -0.3 is 0 Å². The standard InChI is InChI=1S/C16H10Cl2/c17-14-7-8-15(16(18)10-14)13-6-5-11-3-1-2-4-12(11)9-13/h1-10H. The Kier molecular flexibility index (Phi) is 2.99. The molecule has 0 heterocycles. The maximum atomic E-state index is 6.23. The molecule has 0 aliphatic heterocycles. The molecule has 18 heavy (non-hydrogen) atoms. The molecule has 0 radical (unpaired) electrons. The van der Waals surface area contributed by atoms with E-state index in [1.807, 2.05) is 24.3 Å². The predicted octanol–water partition coefficient (Wildman–Crippen LogP) is 5.81. The molecule has 0 saturated carbocycles. The van der Waals surface area contributed by atoms with Gasteiger partial charge in [0, 0.05) is 15.6 Å². The van der Waals surface area contributed by atoms with Gasteiger partial charge >= 0.3 is 0 Å². The van der Waals surface area contributed by atoms with Gasteiger partial charge in [-0.3, -0.25) is 0 Å². The number of fused-ring (bicyclic) bond motifs is 1. The maximum Gasteiger partial charge on any atom is 0.0499 e. The van der Waals surface area contributed by atoms with Crippen molar-refractivity contribution in [2.24, 2.45) is 0 Å². The molecule has 0 amide bonds. The molecule has 0 atom stereocenters. The van der Waals surface area contributed by atoms with E-state index in [9.17, 15) is 0 Å². The van der Waals surface area contributed by atoms with E-state index < -0.39 is 0 Å². The highest BCUT2D eigenvalue weighted by Crippen LogP contribution is 2.32. The molecule has 0 aliphatic rings. The van der Waals surface area contributed by atoms with Gasteiger partial charge in [0.2, 0.25) is 0 Å². The van der Waals surface area contributed by atoms with E-state index in [0.717, 1.165) is 11.1 Å². The normalized spacial score (nSPS) is 10.8. The fourth-order valence-electron chi connectivity index (χ4n) is 2.08. The Morgan fingerprint density at radius 2 is 1.44 bits per heavy atom. The van der Waals surface area contributed by atoms with Crippen molar-refractivity contribution < 1.29 is 0 Å². The molecule has 3 aromatic carbocycles.